The Labute approximate surface area is 120 Å². The third-order valence-corrected chi connectivity index (χ3v) is 2.99. The van der Waals surface area contributed by atoms with Gasteiger partial charge in [-0.05, 0) is 11.6 Å². The molecular weight excluding hydrogens is 268 g/mol. The fraction of sp³-hybridized carbons (Fsp3) is 0.0625. The molecular formula is C16H14N2O3. The number of H-pyrrole nitrogens is 1. The molecule has 0 saturated heterocycles. The van der Waals surface area contributed by atoms with Crippen molar-refractivity contribution in [3.63, 3.8) is 0 Å². The molecule has 3 aromatic rings. The van der Waals surface area contributed by atoms with Crippen LogP contribution in [0, 0.1) is 0 Å². The second-order valence-corrected chi connectivity index (χ2v) is 4.31. The molecule has 0 amide bonds. The Morgan fingerprint density at radius 3 is 2.24 bits per heavy atom. The molecule has 3 rings (SSSR count). The van der Waals surface area contributed by atoms with Gasteiger partial charge < -0.3 is 5.11 Å². The number of aromatic nitrogens is 2. The fourth-order valence-corrected chi connectivity index (χ4v) is 2.10. The van der Waals surface area contributed by atoms with Gasteiger partial charge in [-0.1, -0.05) is 48.5 Å². The summed E-state index contributed by atoms with van der Waals surface area (Å²) in [7, 11) is 0. The van der Waals surface area contributed by atoms with Crippen LogP contribution in [0.1, 0.15) is 11.3 Å². The molecule has 2 aromatic carbocycles. The van der Waals surface area contributed by atoms with Crippen molar-refractivity contribution in [1.82, 2.24) is 10.2 Å². The molecule has 0 spiro atoms. The predicted molar refractivity (Wildman–Crippen MR) is 80.3 cm³/mol. The molecule has 1 heterocycles. The topological polar surface area (TPSA) is 83.0 Å². The van der Waals surface area contributed by atoms with Crippen molar-refractivity contribution in [1.29, 1.82) is 0 Å². The zero-order valence-corrected chi connectivity index (χ0v) is 11.2. The van der Waals surface area contributed by atoms with Crippen LogP contribution in [0.2, 0.25) is 0 Å². The third-order valence-electron chi connectivity index (χ3n) is 2.99. The lowest BCUT2D eigenvalue weighted by Crippen LogP contribution is -2.11. The minimum Gasteiger partial charge on any atom is -0.483 e. The number of nitrogens with one attached hydrogen (secondary N) is 1. The zero-order chi connectivity index (χ0) is 15.1. The Hall–Kier alpha value is -2.95. The van der Waals surface area contributed by atoms with Gasteiger partial charge in [0.15, 0.2) is 0 Å². The Morgan fingerprint density at radius 1 is 1.00 bits per heavy atom. The van der Waals surface area contributed by atoms with Crippen LogP contribution in [0.3, 0.4) is 0 Å². The summed E-state index contributed by atoms with van der Waals surface area (Å²) >= 11 is 0. The van der Waals surface area contributed by atoms with Gasteiger partial charge in [0.2, 0.25) is 0 Å². The van der Waals surface area contributed by atoms with E-state index in [1.807, 2.05) is 42.5 Å². The van der Waals surface area contributed by atoms with Crippen molar-refractivity contribution in [2.45, 2.75) is 6.42 Å². The molecule has 0 atom stereocenters. The van der Waals surface area contributed by atoms with E-state index in [0.29, 0.717) is 5.39 Å². The predicted octanol–water partition coefficient (Wildman–Crippen LogP) is 2.21. The first-order valence-corrected chi connectivity index (χ1v) is 6.34. The first kappa shape index (κ1) is 14.5. The molecule has 0 fully saturated rings. The van der Waals surface area contributed by atoms with Crippen molar-refractivity contribution < 1.29 is 9.90 Å². The van der Waals surface area contributed by atoms with E-state index in [-0.39, 0.29) is 12.0 Å². The van der Waals surface area contributed by atoms with Crippen molar-refractivity contribution in [2.75, 3.05) is 0 Å². The van der Waals surface area contributed by atoms with Crippen LogP contribution >= 0.6 is 0 Å². The maximum atomic E-state index is 11.7. The fourth-order valence-electron chi connectivity index (χ4n) is 2.10. The number of carboxylic acid groups (broad SMARTS) is 1. The Kier molecular flexibility index (Phi) is 4.82. The number of benzene rings is 2. The molecule has 0 aliphatic heterocycles. The highest BCUT2D eigenvalue weighted by Gasteiger charge is 2.06. The minimum absolute atomic E-state index is 0.137. The van der Waals surface area contributed by atoms with Crippen LogP contribution < -0.4 is 5.56 Å². The van der Waals surface area contributed by atoms with Gasteiger partial charge in [0.1, 0.15) is 0 Å². The second-order valence-electron chi connectivity index (χ2n) is 4.31. The number of hydrogen-bond donors (Lipinski definition) is 2. The standard InChI is InChI=1S/C15H12N2O.CH2O2/c18-15-13-9-5-4-8-12(13)14(16-17-15)10-11-6-2-1-3-7-11;2-1-3/h1-9H,10H2,(H,17,18);1H,(H,2,3). The highest BCUT2D eigenvalue weighted by Crippen LogP contribution is 2.15. The number of aromatic amines is 1. The van der Waals surface area contributed by atoms with Crippen molar-refractivity contribution >= 4 is 17.2 Å². The highest BCUT2D eigenvalue weighted by atomic mass is 16.3. The Bertz CT molecular complexity index is 782. The normalized spacial score (nSPS) is 9.71. The number of hydrogen-bond acceptors (Lipinski definition) is 3. The number of nitrogens with zero attached hydrogens (tertiary/aromatic N) is 1. The third kappa shape index (κ3) is 3.54. The summed E-state index contributed by atoms with van der Waals surface area (Å²) in [5.74, 6) is 0. The largest absolute Gasteiger partial charge is 0.483 e. The monoisotopic (exact) mass is 282 g/mol. The number of rotatable bonds is 2. The SMILES string of the molecule is O=CO.O=c1[nH]nc(Cc2ccccc2)c2ccccc12. The van der Waals surface area contributed by atoms with E-state index < -0.39 is 0 Å². The van der Waals surface area contributed by atoms with Gasteiger partial charge in [0.25, 0.3) is 12.0 Å². The van der Waals surface area contributed by atoms with Crippen LogP contribution in [0.15, 0.2) is 59.4 Å². The van der Waals surface area contributed by atoms with Gasteiger partial charge in [-0.3, -0.25) is 9.59 Å². The molecule has 0 aliphatic rings. The van der Waals surface area contributed by atoms with Crippen LogP contribution in [0.5, 0.6) is 0 Å². The van der Waals surface area contributed by atoms with E-state index in [9.17, 15) is 4.79 Å². The highest BCUT2D eigenvalue weighted by molar-refractivity contribution is 5.83. The van der Waals surface area contributed by atoms with Gasteiger partial charge in [0, 0.05) is 11.8 Å². The first-order chi connectivity index (χ1) is 10.3. The molecule has 0 aliphatic carbocycles. The van der Waals surface area contributed by atoms with Crippen LogP contribution in [-0.2, 0) is 11.2 Å². The van der Waals surface area contributed by atoms with Gasteiger partial charge in [-0.15, -0.1) is 0 Å². The summed E-state index contributed by atoms with van der Waals surface area (Å²) in [6.07, 6.45) is 0.720. The molecule has 0 saturated carbocycles. The maximum absolute atomic E-state index is 11.7. The van der Waals surface area contributed by atoms with Gasteiger partial charge in [0.05, 0.1) is 11.1 Å². The average Bonchev–Trinajstić information content (AvgIpc) is 2.52. The number of carbonyl (C=O) groups is 1. The van der Waals surface area contributed by atoms with E-state index in [1.165, 1.54) is 5.56 Å². The summed E-state index contributed by atoms with van der Waals surface area (Å²) in [4.78, 5) is 20.0. The lowest BCUT2D eigenvalue weighted by molar-refractivity contribution is -0.122. The van der Waals surface area contributed by atoms with E-state index in [1.54, 1.807) is 0 Å². The molecule has 21 heavy (non-hydrogen) atoms. The second kappa shape index (κ2) is 7.00. The quantitative estimate of drug-likeness (QED) is 0.706. The lowest BCUT2D eigenvalue weighted by atomic mass is 10.0. The summed E-state index contributed by atoms with van der Waals surface area (Å²) < 4.78 is 0. The molecule has 5 nitrogen and oxygen atoms in total. The first-order valence-electron chi connectivity index (χ1n) is 6.34. The maximum Gasteiger partial charge on any atom is 0.290 e. The molecule has 1 aromatic heterocycles. The van der Waals surface area contributed by atoms with Crippen LogP contribution in [-0.4, -0.2) is 21.8 Å². The number of fused-ring (bicyclic) bond motifs is 1. The van der Waals surface area contributed by atoms with E-state index in [2.05, 4.69) is 22.3 Å². The summed E-state index contributed by atoms with van der Waals surface area (Å²) in [6, 6.07) is 17.7. The van der Waals surface area contributed by atoms with Crippen molar-refractivity contribution in [2.24, 2.45) is 0 Å². The van der Waals surface area contributed by atoms with Gasteiger partial charge in [-0.25, -0.2) is 5.10 Å². The molecule has 0 radical (unpaired) electrons. The zero-order valence-electron chi connectivity index (χ0n) is 11.2. The Morgan fingerprint density at radius 2 is 1.57 bits per heavy atom. The molecule has 2 N–H and O–H groups in total. The summed E-state index contributed by atoms with van der Waals surface area (Å²) in [6.45, 7) is -0.250. The van der Waals surface area contributed by atoms with E-state index in [0.717, 1.165) is 17.5 Å². The smallest absolute Gasteiger partial charge is 0.290 e. The summed E-state index contributed by atoms with van der Waals surface area (Å²) in [5, 5.41) is 15.2. The van der Waals surface area contributed by atoms with Crippen molar-refractivity contribution in [3.05, 3.63) is 76.2 Å². The molecule has 0 unspecified atom stereocenters. The lowest BCUT2D eigenvalue weighted by Gasteiger charge is -2.04. The molecule has 0 bridgehead atoms. The van der Waals surface area contributed by atoms with Crippen molar-refractivity contribution in [3.8, 4) is 0 Å². The summed E-state index contributed by atoms with van der Waals surface area (Å²) in [5.41, 5.74) is 1.95. The Balaban J connectivity index is 0.000000497. The average molecular weight is 282 g/mol. The van der Waals surface area contributed by atoms with E-state index in [4.69, 9.17) is 9.90 Å². The minimum atomic E-state index is -0.250. The van der Waals surface area contributed by atoms with E-state index >= 15 is 0 Å². The van der Waals surface area contributed by atoms with Gasteiger partial charge >= 0.3 is 0 Å². The van der Waals surface area contributed by atoms with Crippen LogP contribution in [0.25, 0.3) is 10.8 Å². The molecule has 5 heteroatoms. The molecule has 106 valence electrons. The van der Waals surface area contributed by atoms with Crippen LogP contribution in [0.4, 0.5) is 0 Å². The van der Waals surface area contributed by atoms with Gasteiger partial charge in [-0.2, -0.15) is 5.10 Å².